The maximum absolute atomic E-state index is 12.6. The van der Waals surface area contributed by atoms with Crippen molar-refractivity contribution < 1.29 is 14.3 Å². The van der Waals surface area contributed by atoms with Gasteiger partial charge in [-0.15, -0.1) is 13.0 Å². The second kappa shape index (κ2) is 11.1. The molecule has 0 spiro atoms. The molecule has 30 heavy (non-hydrogen) atoms. The first-order valence-electron chi connectivity index (χ1n) is 9.49. The number of allylic oxidation sites excluding steroid dienone is 1. The number of anilines is 1. The molecule has 0 radical (unpaired) electrons. The van der Waals surface area contributed by atoms with Crippen LogP contribution in [0.15, 0.2) is 54.6 Å². The highest BCUT2D eigenvalue weighted by Crippen LogP contribution is 2.34. The minimum absolute atomic E-state index is 0.0279. The van der Waals surface area contributed by atoms with Crippen LogP contribution in [0.4, 0.5) is 5.69 Å². The number of nitriles is 1. The van der Waals surface area contributed by atoms with E-state index in [1.54, 1.807) is 24.3 Å². The van der Waals surface area contributed by atoms with Gasteiger partial charge in [0, 0.05) is 11.3 Å². The molecule has 2 aromatic carbocycles. The lowest BCUT2D eigenvalue weighted by atomic mass is 10.0. The molecule has 0 atom stereocenters. The van der Waals surface area contributed by atoms with Gasteiger partial charge < -0.3 is 14.8 Å². The molecule has 5 nitrogen and oxygen atoms in total. The number of nitrogens with one attached hydrogen (secondary N) is 1. The third-order valence-electron chi connectivity index (χ3n) is 4.10. The maximum Gasteiger partial charge on any atom is 0.266 e. The predicted octanol–water partition coefficient (Wildman–Crippen LogP) is 4.68. The molecule has 0 aromatic heterocycles. The lowest BCUT2D eigenvalue weighted by Crippen LogP contribution is -2.13. The zero-order valence-corrected chi connectivity index (χ0v) is 17.2. The van der Waals surface area contributed by atoms with Crippen molar-refractivity contribution in [3.63, 3.8) is 0 Å². The zero-order chi connectivity index (χ0) is 21.9. The normalized spacial score (nSPS) is 10.5. The van der Waals surface area contributed by atoms with E-state index in [4.69, 9.17) is 15.9 Å². The van der Waals surface area contributed by atoms with E-state index in [1.807, 2.05) is 38.1 Å². The Morgan fingerprint density at radius 3 is 2.60 bits per heavy atom. The molecule has 0 bridgehead atoms. The number of carbonyl (C=O) groups excluding carboxylic acids is 1. The summed E-state index contributed by atoms with van der Waals surface area (Å²) < 4.78 is 11.4. The summed E-state index contributed by atoms with van der Waals surface area (Å²) in [5, 5.41) is 12.3. The van der Waals surface area contributed by atoms with Crippen molar-refractivity contribution in [1.82, 2.24) is 0 Å². The summed E-state index contributed by atoms with van der Waals surface area (Å²) in [5.41, 5.74) is 3.11. The molecule has 0 fully saturated rings. The van der Waals surface area contributed by atoms with Crippen molar-refractivity contribution in [2.24, 2.45) is 0 Å². The highest BCUT2D eigenvalue weighted by molar-refractivity contribution is 6.09. The van der Waals surface area contributed by atoms with E-state index >= 15 is 0 Å². The number of hydrogen-bond acceptors (Lipinski definition) is 4. The largest absolute Gasteiger partial charge is 0.490 e. The summed E-state index contributed by atoms with van der Waals surface area (Å²) in [7, 11) is 0. The summed E-state index contributed by atoms with van der Waals surface area (Å²) in [5.74, 6) is 2.98. The molecule has 0 aliphatic heterocycles. The van der Waals surface area contributed by atoms with Crippen molar-refractivity contribution in [3.05, 3.63) is 71.3 Å². The number of amides is 1. The SMILES string of the molecule is C#CCOc1c(CC=C)cc(/C=C(/C#N)C(=O)Nc2ccc(C)cc2)cc1OCC. The Morgan fingerprint density at radius 1 is 1.27 bits per heavy atom. The highest BCUT2D eigenvalue weighted by Gasteiger charge is 2.15. The average molecular weight is 400 g/mol. The first-order valence-corrected chi connectivity index (χ1v) is 9.49. The average Bonchev–Trinajstić information content (AvgIpc) is 2.73. The Labute approximate surface area is 177 Å². The van der Waals surface area contributed by atoms with Gasteiger partial charge in [-0.1, -0.05) is 29.7 Å². The summed E-state index contributed by atoms with van der Waals surface area (Å²) in [6.07, 6.45) is 9.08. The van der Waals surface area contributed by atoms with Gasteiger partial charge in [0.25, 0.3) is 5.91 Å². The van der Waals surface area contributed by atoms with Crippen LogP contribution in [-0.4, -0.2) is 19.1 Å². The quantitative estimate of drug-likeness (QED) is 0.287. The van der Waals surface area contributed by atoms with Crippen LogP contribution in [-0.2, 0) is 11.2 Å². The van der Waals surface area contributed by atoms with Crippen LogP contribution in [0.3, 0.4) is 0 Å². The van der Waals surface area contributed by atoms with Crippen LogP contribution in [0, 0.1) is 30.6 Å². The van der Waals surface area contributed by atoms with Gasteiger partial charge in [0.2, 0.25) is 0 Å². The number of benzene rings is 2. The molecule has 0 saturated heterocycles. The third kappa shape index (κ3) is 6.02. The fourth-order valence-electron chi connectivity index (χ4n) is 2.76. The Kier molecular flexibility index (Phi) is 8.29. The summed E-state index contributed by atoms with van der Waals surface area (Å²) in [4.78, 5) is 12.6. The van der Waals surface area contributed by atoms with Gasteiger partial charge in [0.05, 0.1) is 6.61 Å². The van der Waals surface area contributed by atoms with Crippen LogP contribution in [0.1, 0.15) is 23.6 Å². The Bertz CT molecular complexity index is 1020. The van der Waals surface area contributed by atoms with E-state index in [2.05, 4.69) is 17.8 Å². The zero-order valence-electron chi connectivity index (χ0n) is 17.2. The van der Waals surface area contributed by atoms with Gasteiger partial charge in [-0.25, -0.2) is 0 Å². The van der Waals surface area contributed by atoms with Crippen molar-refractivity contribution in [2.45, 2.75) is 20.3 Å². The predicted molar refractivity (Wildman–Crippen MR) is 119 cm³/mol. The minimum Gasteiger partial charge on any atom is -0.490 e. The van der Waals surface area contributed by atoms with Crippen LogP contribution >= 0.6 is 0 Å². The first kappa shape index (κ1) is 22.3. The second-order valence-corrected chi connectivity index (χ2v) is 6.42. The summed E-state index contributed by atoms with van der Waals surface area (Å²) >= 11 is 0. The van der Waals surface area contributed by atoms with Crippen LogP contribution in [0.25, 0.3) is 6.08 Å². The molecule has 5 heteroatoms. The monoisotopic (exact) mass is 400 g/mol. The van der Waals surface area contributed by atoms with Gasteiger partial charge in [-0.3, -0.25) is 4.79 Å². The molecule has 152 valence electrons. The minimum atomic E-state index is -0.489. The molecule has 2 rings (SSSR count). The van der Waals surface area contributed by atoms with E-state index in [9.17, 15) is 10.1 Å². The lowest BCUT2D eigenvalue weighted by molar-refractivity contribution is -0.112. The molecule has 0 aliphatic carbocycles. The van der Waals surface area contributed by atoms with E-state index in [0.29, 0.717) is 35.8 Å². The van der Waals surface area contributed by atoms with Crippen molar-refractivity contribution >= 4 is 17.7 Å². The molecule has 1 amide bonds. The molecular formula is C25H24N2O3. The van der Waals surface area contributed by atoms with Crippen molar-refractivity contribution in [3.8, 4) is 29.9 Å². The second-order valence-electron chi connectivity index (χ2n) is 6.42. The fourth-order valence-corrected chi connectivity index (χ4v) is 2.76. The number of aryl methyl sites for hydroxylation is 1. The standard InChI is InChI=1S/C25H24N2O3/c1-5-8-20-14-19(16-23(29-7-3)24(20)30-13-6-2)15-21(17-26)25(28)27-22-11-9-18(4)10-12-22/h2,5,9-12,14-16H,1,7-8,13H2,3-4H3,(H,27,28)/b21-15-. The molecule has 0 aliphatic rings. The molecule has 1 N–H and O–H groups in total. The van der Waals surface area contributed by atoms with E-state index in [-0.39, 0.29) is 12.2 Å². The Morgan fingerprint density at radius 2 is 2.00 bits per heavy atom. The molecule has 0 heterocycles. The topological polar surface area (TPSA) is 71.3 Å². The van der Waals surface area contributed by atoms with Crippen LogP contribution < -0.4 is 14.8 Å². The number of nitrogens with zero attached hydrogens (tertiary/aromatic N) is 1. The van der Waals surface area contributed by atoms with Crippen molar-refractivity contribution in [1.29, 1.82) is 5.26 Å². The van der Waals surface area contributed by atoms with Gasteiger partial charge in [-0.05, 0) is 56.2 Å². The van der Waals surface area contributed by atoms with Crippen molar-refractivity contribution in [2.75, 3.05) is 18.5 Å². The van der Waals surface area contributed by atoms with Crippen LogP contribution in [0.2, 0.25) is 0 Å². The van der Waals surface area contributed by atoms with E-state index in [1.165, 1.54) is 6.08 Å². The smallest absolute Gasteiger partial charge is 0.266 e. The van der Waals surface area contributed by atoms with Gasteiger partial charge >= 0.3 is 0 Å². The molecule has 2 aromatic rings. The fraction of sp³-hybridized carbons (Fsp3) is 0.200. The maximum atomic E-state index is 12.6. The molecule has 0 saturated carbocycles. The van der Waals surface area contributed by atoms with Gasteiger partial charge in [0.15, 0.2) is 11.5 Å². The Balaban J connectivity index is 2.41. The van der Waals surface area contributed by atoms with Gasteiger partial charge in [0.1, 0.15) is 18.2 Å². The van der Waals surface area contributed by atoms with E-state index < -0.39 is 5.91 Å². The molecular weight excluding hydrogens is 376 g/mol. The van der Waals surface area contributed by atoms with Gasteiger partial charge in [-0.2, -0.15) is 5.26 Å². The number of rotatable bonds is 9. The summed E-state index contributed by atoms with van der Waals surface area (Å²) in [6.45, 7) is 8.11. The summed E-state index contributed by atoms with van der Waals surface area (Å²) in [6, 6.07) is 12.9. The number of carbonyl (C=O) groups is 1. The number of ether oxygens (including phenoxy) is 2. The first-order chi connectivity index (χ1) is 14.5. The lowest BCUT2D eigenvalue weighted by Gasteiger charge is -2.15. The molecule has 0 unspecified atom stereocenters. The third-order valence-corrected chi connectivity index (χ3v) is 4.10. The Hall–Kier alpha value is -3.96. The van der Waals surface area contributed by atoms with E-state index in [0.717, 1.165) is 11.1 Å². The number of hydrogen-bond donors (Lipinski definition) is 1. The van der Waals surface area contributed by atoms with Crippen LogP contribution in [0.5, 0.6) is 11.5 Å². The highest BCUT2D eigenvalue weighted by atomic mass is 16.5. The number of terminal acetylenes is 1.